The van der Waals surface area contributed by atoms with Crippen molar-refractivity contribution in [1.82, 2.24) is 24.9 Å². The number of benzene rings is 2. The zero-order chi connectivity index (χ0) is 24.6. The molecular weight excluding hydrogens is 468 g/mol. The van der Waals surface area contributed by atoms with E-state index in [0.717, 1.165) is 16.5 Å². The number of rotatable bonds is 6. The van der Waals surface area contributed by atoms with E-state index in [2.05, 4.69) is 29.8 Å². The van der Waals surface area contributed by atoms with Gasteiger partial charge in [-0.15, -0.1) is 0 Å². The molecule has 1 aliphatic heterocycles. The number of nitrogen functional groups attached to an aromatic ring is 2. The summed E-state index contributed by atoms with van der Waals surface area (Å²) in [6.45, 7) is 2.99. The van der Waals surface area contributed by atoms with Gasteiger partial charge in [-0.05, 0) is 31.2 Å². The molecule has 5 rings (SSSR count). The van der Waals surface area contributed by atoms with E-state index in [4.69, 9.17) is 16.2 Å². The van der Waals surface area contributed by atoms with Crippen molar-refractivity contribution in [3.05, 3.63) is 54.6 Å². The molecule has 2 unspecified atom stereocenters. The summed E-state index contributed by atoms with van der Waals surface area (Å²) < 4.78 is 33.7. The molecule has 35 heavy (non-hydrogen) atoms. The lowest BCUT2D eigenvalue weighted by Gasteiger charge is -2.39. The molecule has 2 aromatic carbocycles. The Morgan fingerprint density at radius 1 is 1.14 bits per heavy atom. The first-order valence-electron chi connectivity index (χ1n) is 11.1. The number of hydrogen-bond acceptors (Lipinski definition) is 9. The van der Waals surface area contributed by atoms with Crippen molar-refractivity contribution in [2.75, 3.05) is 36.1 Å². The highest BCUT2D eigenvalue weighted by atomic mass is 32.2. The van der Waals surface area contributed by atoms with Gasteiger partial charge in [0.25, 0.3) is 0 Å². The number of sulfonamides is 1. The first-order valence-corrected chi connectivity index (χ1v) is 12.6. The van der Waals surface area contributed by atoms with E-state index in [1.54, 1.807) is 30.3 Å². The summed E-state index contributed by atoms with van der Waals surface area (Å²) in [6, 6.07) is 15.8. The summed E-state index contributed by atoms with van der Waals surface area (Å²) >= 11 is 0. The number of hydrogen-bond donors (Lipinski definition) is 4. The van der Waals surface area contributed by atoms with Crippen LogP contribution in [0.25, 0.3) is 22.2 Å². The summed E-state index contributed by atoms with van der Waals surface area (Å²) in [6.07, 6.45) is -0.367. The Morgan fingerprint density at radius 2 is 1.94 bits per heavy atom. The highest BCUT2D eigenvalue weighted by Crippen LogP contribution is 2.29. The Bertz CT molecular complexity index is 1460. The monoisotopic (exact) mass is 494 g/mol. The lowest BCUT2D eigenvalue weighted by Crippen LogP contribution is -2.52. The molecule has 4 aromatic rings. The fraction of sp³-hybridized carbons (Fsp3) is 0.261. The molecule has 12 heteroatoms. The van der Waals surface area contributed by atoms with Gasteiger partial charge in [-0.3, -0.25) is 5.10 Å². The van der Waals surface area contributed by atoms with Crippen molar-refractivity contribution >= 4 is 38.5 Å². The summed E-state index contributed by atoms with van der Waals surface area (Å²) in [4.78, 5) is 11.1. The van der Waals surface area contributed by atoms with Crippen LogP contribution < -0.4 is 21.1 Å². The fourth-order valence-corrected chi connectivity index (χ4v) is 5.18. The molecule has 0 saturated carbocycles. The average molecular weight is 495 g/mol. The van der Waals surface area contributed by atoms with Crippen molar-refractivity contribution in [2.45, 2.75) is 24.0 Å². The smallest absolute Gasteiger partial charge is 0.240 e. The zero-order valence-corrected chi connectivity index (χ0v) is 19.9. The number of aromatic amines is 1. The second-order valence-corrected chi connectivity index (χ2v) is 10.2. The third-order valence-corrected chi connectivity index (χ3v) is 7.41. The van der Waals surface area contributed by atoms with Gasteiger partial charge >= 0.3 is 0 Å². The minimum Gasteiger partial charge on any atom is -0.382 e. The van der Waals surface area contributed by atoms with Crippen molar-refractivity contribution in [2.24, 2.45) is 0 Å². The van der Waals surface area contributed by atoms with Gasteiger partial charge in [-0.25, -0.2) is 18.1 Å². The van der Waals surface area contributed by atoms with Gasteiger partial charge in [0.15, 0.2) is 5.82 Å². The summed E-state index contributed by atoms with van der Waals surface area (Å²) in [5.74, 6) is 1.22. The van der Waals surface area contributed by atoms with E-state index in [0.29, 0.717) is 30.5 Å². The molecule has 2 aromatic heterocycles. The minimum atomic E-state index is -3.63. The van der Waals surface area contributed by atoms with Gasteiger partial charge in [0.2, 0.25) is 16.0 Å². The van der Waals surface area contributed by atoms with Gasteiger partial charge in [-0.1, -0.05) is 24.3 Å². The number of fused-ring (bicyclic) bond motifs is 1. The maximum absolute atomic E-state index is 12.6. The van der Waals surface area contributed by atoms with E-state index in [9.17, 15) is 8.42 Å². The van der Waals surface area contributed by atoms with Gasteiger partial charge < -0.3 is 21.1 Å². The van der Waals surface area contributed by atoms with Crippen molar-refractivity contribution in [1.29, 1.82) is 0 Å². The molecule has 6 N–H and O–H groups in total. The van der Waals surface area contributed by atoms with Crippen LogP contribution in [0.1, 0.15) is 6.92 Å². The summed E-state index contributed by atoms with van der Waals surface area (Å²) in [5, 5.41) is 7.78. The molecule has 2 atom stereocenters. The van der Waals surface area contributed by atoms with Gasteiger partial charge in [-0.2, -0.15) is 10.1 Å². The molecular formula is C23H26N8O3S. The summed E-state index contributed by atoms with van der Waals surface area (Å²) in [7, 11) is -3.63. The van der Waals surface area contributed by atoms with E-state index >= 15 is 0 Å². The molecule has 0 aliphatic carbocycles. The highest BCUT2D eigenvalue weighted by molar-refractivity contribution is 7.89. The predicted molar refractivity (Wildman–Crippen MR) is 134 cm³/mol. The number of nitrogens with zero attached hydrogens (tertiary/aromatic N) is 4. The fourth-order valence-electron chi connectivity index (χ4n) is 4.09. The molecule has 1 saturated heterocycles. The van der Waals surface area contributed by atoms with Crippen LogP contribution in [-0.4, -0.2) is 60.4 Å². The summed E-state index contributed by atoms with van der Waals surface area (Å²) in [5.41, 5.74) is 14.2. The van der Waals surface area contributed by atoms with Gasteiger partial charge in [0, 0.05) is 30.1 Å². The Balaban J connectivity index is 1.36. The van der Waals surface area contributed by atoms with Crippen LogP contribution in [0, 0.1) is 0 Å². The largest absolute Gasteiger partial charge is 0.382 e. The Kier molecular flexibility index (Phi) is 6.01. The third-order valence-electron chi connectivity index (χ3n) is 5.97. The predicted octanol–water partition coefficient (Wildman–Crippen LogP) is 1.76. The molecule has 0 bridgehead atoms. The second kappa shape index (κ2) is 9.13. The number of H-pyrrole nitrogens is 1. The SMILES string of the molecule is CC1COC(CNS(=O)(=O)c2ccccc2)CN1c1cc(-c2ccc3c(N)n[nH]c3c2)nc(N)n1. The number of nitrogens with two attached hydrogens (primary N) is 2. The van der Waals surface area contributed by atoms with Gasteiger partial charge in [0.1, 0.15) is 5.82 Å². The van der Waals surface area contributed by atoms with E-state index in [-0.39, 0.29) is 29.5 Å². The molecule has 182 valence electrons. The topological polar surface area (TPSA) is 165 Å². The lowest BCUT2D eigenvalue weighted by atomic mass is 10.1. The van der Waals surface area contributed by atoms with Crippen molar-refractivity contribution in [3.63, 3.8) is 0 Å². The quantitative estimate of drug-likeness (QED) is 0.312. The highest BCUT2D eigenvalue weighted by Gasteiger charge is 2.29. The van der Waals surface area contributed by atoms with Crippen LogP contribution in [0.5, 0.6) is 0 Å². The average Bonchev–Trinajstić information content (AvgIpc) is 3.23. The number of morpholine rings is 1. The van der Waals surface area contributed by atoms with E-state index in [1.807, 2.05) is 31.2 Å². The Labute approximate surface area is 202 Å². The maximum Gasteiger partial charge on any atom is 0.240 e. The molecule has 11 nitrogen and oxygen atoms in total. The molecule has 1 fully saturated rings. The molecule has 0 radical (unpaired) electrons. The van der Waals surface area contributed by atoms with Crippen LogP contribution in [0.4, 0.5) is 17.6 Å². The maximum atomic E-state index is 12.6. The van der Waals surface area contributed by atoms with Gasteiger partial charge in [0.05, 0.1) is 34.9 Å². The molecule has 1 aliphatic rings. The van der Waals surface area contributed by atoms with E-state index in [1.165, 1.54) is 0 Å². The standard InChI is InChI=1S/C23H26N8O3S/c1-14-13-34-16(11-26-35(32,33)17-5-3-2-4-6-17)12-31(14)21-10-19(27-23(25)28-21)15-7-8-18-20(9-15)29-30-22(18)24/h2-10,14,16,26H,11-13H2,1H3,(H3,24,29,30)(H2,25,27,28). The molecule has 3 heterocycles. The zero-order valence-electron chi connectivity index (χ0n) is 19.0. The molecule has 0 spiro atoms. The van der Waals surface area contributed by atoms with E-state index < -0.39 is 10.0 Å². The van der Waals surface area contributed by atoms with Crippen LogP contribution in [0.15, 0.2) is 59.5 Å². The first kappa shape index (κ1) is 23.0. The Morgan fingerprint density at radius 3 is 2.74 bits per heavy atom. The van der Waals surface area contributed by atoms with Crippen LogP contribution in [-0.2, 0) is 14.8 Å². The van der Waals surface area contributed by atoms with Crippen LogP contribution in [0.2, 0.25) is 0 Å². The van der Waals surface area contributed by atoms with Crippen LogP contribution >= 0.6 is 0 Å². The number of anilines is 3. The second-order valence-electron chi connectivity index (χ2n) is 8.46. The number of nitrogens with one attached hydrogen (secondary N) is 2. The minimum absolute atomic E-state index is 0.00835. The normalized spacial score (nSPS) is 18.7. The molecule has 0 amide bonds. The lowest BCUT2D eigenvalue weighted by molar-refractivity contribution is 0.0259. The van der Waals surface area contributed by atoms with Crippen molar-refractivity contribution in [3.8, 4) is 11.3 Å². The number of ether oxygens (including phenoxy) is 1. The van der Waals surface area contributed by atoms with Crippen molar-refractivity contribution < 1.29 is 13.2 Å². The first-order chi connectivity index (χ1) is 16.8. The third kappa shape index (κ3) is 4.76. The van der Waals surface area contributed by atoms with Crippen LogP contribution in [0.3, 0.4) is 0 Å². The Hall–Kier alpha value is -3.74. The number of aromatic nitrogens is 4.